The molecule has 0 aromatic heterocycles. The van der Waals surface area contributed by atoms with Gasteiger partial charge < -0.3 is 11.1 Å². The van der Waals surface area contributed by atoms with Crippen LogP contribution in [-0.2, 0) is 17.9 Å². The van der Waals surface area contributed by atoms with Crippen LogP contribution in [0.25, 0.3) is 0 Å². The van der Waals surface area contributed by atoms with Gasteiger partial charge in [-0.05, 0) is 11.6 Å². The second-order valence-electron chi connectivity index (χ2n) is 3.70. The van der Waals surface area contributed by atoms with Crippen LogP contribution < -0.4 is 11.1 Å². The lowest BCUT2D eigenvalue weighted by atomic mass is 10.1. The first kappa shape index (κ1) is 14.4. The topological polar surface area (TPSA) is 55.1 Å². The van der Waals surface area contributed by atoms with Gasteiger partial charge in [0.05, 0.1) is 0 Å². The van der Waals surface area contributed by atoms with Gasteiger partial charge in [-0.1, -0.05) is 12.1 Å². The van der Waals surface area contributed by atoms with Crippen molar-refractivity contribution in [1.82, 2.24) is 5.32 Å². The molecule has 0 heterocycles. The Kier molecular flexibility index (Phi) is 4.66. The van der Waals surface area contributed by atoms with Gasteiger partial charge in [-0.3, -0.25) is 4.79 Å². The zero-order chi connectivity index (χ0) is 13.8. The van der Waals surface area contributed by atoms with Gasteiger partial charge in [-0.15, -0.1) is 0 Å². The fraction of sp³-hybridized carbons (Fsp3) is 0.364. The Hall–Kier alpha value is -1.63. The third-order valence-electron chi connectivity index (χ3n) is 2.19. The summed E-state index contributed by atoms with van der Waals surface area (Å²) in [6, 6.07) is 4.12. The Balaban J connectivity index is 2.56. The molecule has 0 fully saturated rings. The molecule has 0 unspecified atom stereocenters. The van der Waals surface area contributed by atoms with Crippen LogP contribution in [0.5, 0.6) is 0 Å². The molecule has 100 valence electrons. The van der Waals surface area contributed by atoms with Gasteiger partial charge in [0.25, 0.3) is 0 Å². The summed E-state index contributed by atoms with van der Waals surface area (Å²) >= 11 is 0. The van der Waals surface area contributed by atoms with Gasteiger partial charge in [0.1, 0.15) is 12.2 Å². The summed E-state index contributed by atoms with van der Waals surface area (Å²) in [5, 5.41) is 2.00. The maximum atomic E-state index is 13.4. The van der Waals surface area contributed by atoms with E-state index in [0.717, 1.165) is 0 Å². The molecule has 18 heavy (non-hydrogen) atoms. The molecule has 0 bridgehead atoms. The van der Waals surface area contributed by atoms with Gasteiger partial charge >= 0.3 is 6.18 Å². The second kappa shape index (κ2) is 5.81. The Morgan fingerprint density at radius 2 is 2.00 bits per heavy atom. The molecule has 0 saturated carbocycles. The maximum absolute atomic E-state index is 13.4. The number of carbonyl (C=O) groups excluding carboxylic acids is 1. The van der Waals surface area contributed by atoms with E-state index in [-0.39, 0.29) is 18.7 Å². The quantitative estimate of drug-likeness (QED) is 0.815. The normalized spacial score (nSPS) is 11.4. The summed E-state index contributed by atoms with van der Waals surface area (Å²) in [7, 11) is 0. The van der Waals surface area contributed by atoms with Gasteiger partial charge in [0, 0.05) is 18.7 Å². The van der Waals surface area contributed by atoms with Crippen LogP contribution in [0.1, 0.15) is 17.5 Å². The van der Waals surface area contributed by atoms with E-state index in [9.17, 15) is 22.4 Å². The SMILES string of the molecule is NCc1ccc(CNC(=O)CC(F)(F)F)c(F)c1. The number of halogens is 4. The van der Waals surface area contributed by atoms with Crippen LogP contribution in [0, 0.1) is 5.82 Å². The highest BCUT2D eigenvalue weighted by atomic mass is 19.4. The number of nitrogens with two attached hydrogens (primary N) is 1. The van der Waals surface area contributed by atoms with Crippen molar-refractivity contribution in [3.8, 4) is 0 Å². The highest BCUT2D eigenvalue weighted by Gasteiger charge is 2.30. The molecule has 0 atom stereocenters. The van der Waals surface area contributed by atoms with Crippen molar-refractivity contribution in [2.45, 2.75) is 25.7 Å². The first-order valence-corrected chi connectivity index (χ1v) is 5.12. The Bertz CT molecular complexity index is 432. The van der Waals surface area contributed by atoms with Crippen molar-refractivity contribution in [2.75, 3.05) is 0 Å². The zero-order valence-corrected chi connectivity index (χ0v) is 9.35. The van der Waals surface area contributed by atoms with Crippen molar-refractivity contribution >= 4 is 5.91 Å². The maximum Gasteiger partial charge on any atom is 0.397 e. The lowest BCUT2D eigenvalue weighted by Crippen LogP contribution is -2.28. The molecule has 0 radical (unpaired) electrons. The van der Waals surface area contributed by atoms with Crippen LogP contribution in [0.2, 0.25) is 0 Å². The molecule has 3 nitrogen and oxygen atoms in total. The molecule has 0 aliphatic carbocycles. The van der Waals surface area contributed by atoms with Crippen molar-refractivity contribution in [2.24, 2.45) is 5.73 Å². The van der Waals surface area contributed by atoms with Crippen molar-refractivity contribution in [3.05, 3.63) is 35.1 Å². The molecule has 0 saturated heterocycles. The lowest BCUT2D eigenvalue weighted by Gasteiger charge is -2.09. The third-order valence-corrected chi connectivity index (χ3v) is 2.19. The predicted molar refractivity (Wildman–Crippen MR) is 56.8 cm³/mol. The molecule has 1 aromatic rings. The minimum absolute atomic E-state index is 0.114. The highest BCUT2D eigenvalue weighted by molar-refractivity contribution is 5.76. The van der Waals surface area contributed by atoms with E-state index in [0.29, 0.717) is 5.56 Å². The van der Waals surface area contributed by atoms with E-state index in [1.807, 2.05) is 5.32 Å². The zero-order valence-electron chi connectivity index (χ0n) is 9.35. The fourth-order valence-corrected chi connectivity index (χ4v) is 1.30. The summed E-state index contributed by atoms with van der Waals surface area (Å²) < 4.78 is 49.0. The van der Waals surface area contributed by atoms with Gasteiger partial charge in [-0.2, -0.15) is 13.2 Å². The number of nitrogens with one attached hydrogen (secondary N) is 1. The number of hydrogen-bond acceptors (Lipinski definition) is 2. The molecule has 1 rings (SSSR count). The summed E-state index contributed by atoms with van der Waals surface area (Å²) in [4.78, 5) is 10.9. The highest BCUT2D eigenvalue weighted by Crippen LogP contribution is 2.19. The van der Waals surface area contributed by atoms with E-state index in [2.05, 4.69) is 0 Å². The molecule has 1 aromatic carbocycles. The standard InChI is InChI=1S/C11H12F4N2O/c12-9-3-7(5-16)1-2-8(9)6-17-10(18)4-11(13,14)15/h1-3H,4-6,16H2,(H,17,18). The van der Waals surface area contributed by atoms with E-state index >= 15 is 0 Å². The lowest BCUT2D eigenvalue weighted by molar-refractivity contribution is -0.153. The molecule has 0 aliphatic rings. The summed E-state index contributed by atoms with van der Waals surface area (Å²) in [6.45, 7) is -0.122. The van der Waals surface area contributed by atoms with E-state index in [1.165, 1.54) is 12.1 Å². The second-order valence-corrected chi connectivity index (χ2v) is 3.70. The molecular formula is C11H12F4N2O. The van der Waals surface area contributed by atoms with Crippen LogP contribution in [0.4, 0.5) is 17.6 Å². The summed E-state index contributed by atoms with van der Waals surface area (Å²) in [5.74, 6) is -1.80. The number of alkyl halides is 3. The summed E-state index contributed by atoms with van der Waals surface area (Å²) in [5.41, 5.74) is 5.98. The number of hydrogen-bond donors (Lipinski definition) is 2. The molecule has 1 amide bonds. The monoisotopic (exact) mass is 264 g/mol. The predicted octanol–water partition coefficient (Wildman–Crippen LogP) is 1.85. The van der Waals surface area contributed by atoms with E-state index < -0.39 is 24.3 Å². The average molecular weight is 264 g/mol. The molecular weight excluding hydrogens is 252 g/mol. The Morgan fingerprint density at radius 1 is 1.33 bits per heavy atom. The van der Waals surface area contributed by atoms with Crippen LogP contribution >= 0.6 is 0 Å². The third kappa shape index (κ3) is 4.70. The number of rotatable bonds is 4. The van der Waals surface area contributed by atoms with Crippen molar-refractivity contribution in [1.29, 1.82) is 0 Å². The van der Waals surface area contributed by atoms with Gasteiger partial charge in [0.2, 0.25) is 5.91 Å². The Labute approximate surface area is 101 Å². The van der Waals surface area contributed by atoms with Gasteiger partial charge in [0.15, 0.2) is 0 Å². The average Bonchev–Trinajstić information content (AvgIpc) is 2.25. The number of carbonyl (C=O) groups is 1. The molecule has 0 spiro atoms. The van der Waals surface area contributed by atoms with Crippen molar-refractivity contribution in [3.63, 3.8) is 0 Å². The number of benzene rings is 1. The van der Waals surface area contributed by atoms with Crippen LogP contribution in [-0.4, -0.2) is 12.1 Å². The van der Waals surface area contributed by atoms with Crippen molar-refractivity contribution < 1.29 is 22.4 Å². The molecule has 3 N–H and O–H groups in total. The first-order valence-electron chi connectivity index (χ1n) is 5.12. The molecule has 0 aliphatic heterocycles. The van der Waals surface area contributed by atoms with E-state index in [4.69, 9.17) is 5.73 Å². The number of amides is 1. The molecule has 7 heteroatoms. The minimum Gasteiger partial charge on any atom is -0.352 e. The minimum atomic E-state index is -4.56. The van der Waals surface area contributed by atoms with Gasteiger partial charge in [-0.25, -0.2) is 4.39 Å². The smallest absolute Gasteiger partial charge is 0.352 e. The summed E-state index contributed by atoms with van der Waals surface area (Å²) in [6.07, 6.45) is -6.14. The van der Waals surface area contributed by atoms with Crippen LogP contribution in [0.15, 0.2) is 18.2 Å². The largest absolute Gasteiger partial charge is 0.397 e. The van der Waals surface area contributed by atoms with E-state index in [1.54, 1.807) is 6.07 Å². The first-order chi connectivity index (χ1) is 8.31. The van der Waals surface area contributed by atoms with Crippen LogP contribution in [0.3, 0.4) is 0 Å². The Morgan fingerprint density at radius 3 is 2.50 bits per heavy atom. The fourth-order valence-electron chi connectivity index (χ4n) is 1.30.